The average Bonchev–Trinajstić information content (AvgIpc) is 2.85. The molecule has 0 saturated carbocycles. The van der Waals surface area contributed by atoms with Crippen molar-refractivity contribution in [1.82, 2.24) is 0 Å². The molecule has 0 spiro atoms. The molecule has 2 aromatic rings. The predicted octanol–water partition coefficient (Wildman–Crippen LogP) is 3.29. The van der Waals surface area contributed by atoms with Crippen molar-refractivity contribution in [1.29, 1.82) is 0 Å². The second kappa shape index (κ2) is 5.38. The van der Waals surface area contributed by atoms with Crippen molar-refractivity contribution >= 4 is 28.9 Å². The van der Waals surface area contributed by atoms with Gasteiger partial charge in [-0.05, 0) is 30.7 Å². The first-order valence-corrected chi connectivity index (χ1v) is 6.30. The van der Waals surface area contributed by atoms with Crippen LogP contribution in [0.5, 0.6) is 0 Å². The lowest BCUT2D eigenvalue weighted by Crippen LogP contribution is -2.12. The van der Waals surface area contributed by atoms with Crippen LogP contribution in [0.4, 0.5) is 14.5 Å². The Bertz CT molecular complexity index is 697. The summed E-state index contributed by atoms with van der Waals surface area (Å²) in [5.41, 5.74) is -0.159. The summed E-state index contributed by atoms with van der Waals surface area (Å²) in [6.07, 6.45) is 0. The van der Waals surface area contributed by atoms with Gasteiger partial charge in [0.1, 0.15) is 16.5 Å². The standard InChI is InChI=1S/C13H9F2NO3S/c1-6-4-8(15)9(5-7(6)14)16-12(17)10-2-3-11(20-10)13(18)19/h2-5H,1H3,(H,16,17)(H,18,19). The molecule has 1 amide bonds. The Labute approximate surface area is 116 Å². The molecule has 2 N–H and O–H groups in total. The molecule has 0 unspecified atom stereocenters. The molecular weight excluding hydrogens is 288 g/mol. The molecule has 0 fully saturated rings. The zero-order valence-corrected chi connectivity index (χ0v) is 11.1. The largest absolute Gasteiger partial charge is 0.477 e. The van der Waals surface area contributed by atoms with Gasteiger partial charge in [-0.2, -0.15) is 0 Å². The molecule has 4 nitrogen and oxygen atoms in total. The topological polar surface area (TPSA) is 66.4 Å². The second-order valence-electron chi connectivity index (χ2n) is 4.00. The van der Waals surface area contributed by atoms with Crippen LogP contribution in [0.15, 0.2) is 24.3 Å². The quantitative estimate of drug-likeness (QED) is 0.913. The van der Waals surface area contributed by atoms with Crippen LogP contribution in [-0.4, -0.2) is 17.0 Å². The second-order valence-corrected chi connectivity index (χ2v) is 5.09. The highest BCUT2D eigenvalue weighted by molar-refractivity contribution is 7.15. The molecule has 1 aromatic heterocycles. The number of carbonyl (C=O) groups excluding carboxylic acids is 1. The zero-order valence-electron chi connectivity index (χ0n) is 10.2. The van der Waals surface area contributed by atoms with Crippen molar-refractivity contribution in [3.8, 4) is 0 Å². The molecule has 0 bridgehead atoms. The molecule has 0 radical (unpaired) electrons. The predicted molar refractivity (Wildman–Crippen MR) is 70.3 cm³/mol. The van der Waals surface area contributed by atoms with Gasteiger partial charge in [-0.1, -0.05) is 0 Å². The van der Waals surface area contributed by atoms with Gasteiger partial charge >= 0.3 is 5.97 Å². The van der Waals surface area contributed by atoms with E-state index in [2.05, 4.69) is 5.32 Å². The van der Waals surface area contributed by atoms with E-state index in [1.807, 2.05) is 0 Å². The van der Waals surface area contributed by atoms with Crippen molar-refractivity contribution in [3.63, 3.8) is 0 Å². The first-order chi connectivity index (χ1) is 9.38. The number of thiophene rings is 1. The minimum absolute atomic E-state index is 0.00860. The minimum atomic E-state index is -1.15. The lowest BCUT2D eigenvalue weighted by Gasteiger charge is -2.06. The molecule has 0 aliphatic heterocycles. The number of halogens is 2. The number of benzene rings is 1. The highest BCUT2D eigenvalue weighted by Crippen LogP contribution is 2.22. The third-order valence-corrected chi connectivity index (χ3v) is 3.61. The first kappa shape index (κ1) is 14.1. The summed E-state index contributed by atoms with van der Waals surface area (Å²) in [5, 5.41) is 11.0. The summed E-state index contributed by atoms with van der Waals surface area (Å²) in [6.45, 7) is 1.41. The first-order valence-electron chi connectivity index (χ1n) is 5.48. The third-order valence-electron chi connectivity index (χ3n) is 2.54. The van der Waals surface area contributed by atoms with E-state index in [0.717, 1.165) is 23.5 Å². The monoisotopic (exact) mass is 297 g/mol. The van der Waals surface area contributed by atoms with Gasteiger partial charge in [-0.25, -0.2) is 13.6 Å². The number of amides is 1. The van der Waals surface area contributed by atoms with Crippen molar-refractivity contribution in [2.24, 2.45) is 0 Å². The van der Waals surface area contributed by atoms with Crippen molar-refractivity contribution < 1.29 is 23.5 Å². The Morgan fingerprint density at radius 3 is 2.40 bits per heavy atom. The van der Waals surface area contributed by atoms with Gasteiger partial charge in [-0.15, -0.1) is 11.3 Å². The summed E-state index contributed by atoms with van der Waals surface area (Å²) in [5.74, 6) is -3.24. The highest BCUT2D eigenvalue weighted by atomic mass is 32.1. The number of anilines is 1. The van der Waals surface area contributed by atoms with E-state index in [0.29, 0.717) is 0 Å². The van der Waals surface area contributed by atoms with Gasteiger partial charge in [-0.3, -0.25) is 4.79 Å². The van der Waals surface area contributed by atoms with Gasteiger partial charge < -0.3 is 10.4 Å². The van der Waals surface area contributed by atoms with E-state index in [1.54, 1.807) is 0 Å². The van der Waals surface area contributed by atoms with Crippen LogP contribution in [0.3, 0.4) is 0 Å². The molecular formula is C13H9F2NO3S. The fourth-order valence-electron chi connectivity index (χ4n) is 1.50. The van der Waals surface area contributed by atoms with Crippen LogP contribution < -0.4 is 5.32 Å². The number of carboxylic acid groups (broad SMARTS) is 1. The van der Waals surface area contributed by atoms with Crippen LogP contribution >= 0.6 is 11.3 Å². The molecule has 7 heteroatoms. The van der Waals surface area contributed by atoms with Gasteiger partial charge in [0.15, 0.2) is 0 Å². The van der Waals surface area contributed by atoms with E-state index in [4.69, 9.17) is 5.11 Å². The Balaban J connectivity index is 2.23. The van der Waals surface area contributed by atoms with Crippen LogP contribution in [0.2, 0.25) is 0 Å². The van der Waals surface area contributed by atoms with Gasteiger partial charge in [0.05, 0.1) is 10.6 Å². The number of carboxylic acids is 1. The lowest BCUT2D eigenvalue weighted by molar-refractivity contribution is 0.0702. The minimum Gasteiger partial charge on any atom is -0.477 e. The normalized spacial score (nSPS) is 10.3. The Hall–Kier alpha value is -2.28. The highest BCUT2D eigenvalue weighted by Gasteiger charge is 2.15. The summed E-state index contributed by atoms with van der Waals surface area (Å²) < 4.78 is 26.9. The Morgan fingerprint density at radius 1 is 1.15 bits per heavy atom. The number of carbonyl (C=O) groups is 2. The SMILES string of the molecule is Cc1cc(F)c(NC(=O)c2ccc(C(=O)O)s2)cc1F. The summed E-state index contributed by atoms with van der Waals surface area (Å²) >= 11 is 0.754. The van der Waals surface area contributed by atoms with Gasteiger partial charge in [0.2, 0.25) is 0 Å². The fraction of sp³-hybridized carbons (Fsp3) is 0.0769. The Morgan fingerprint density at radius 2 is 1.80 bits per heavy atom. The number of hydrogen-bond acceptors (Lipinski definition) is 3. The number of nitrogens with one attached hydrogen (secondary N) is 1. The molecule has 0 aliphatic rings. The van der Waals surface area contributed by atoms with Crippen LogP contribution in [0, 0.1) is 18.6 Å². The Kier molecular flexibility index (Phi) is 3.80. The third kappa shape index (κ3) is 2.83. The van der Waals surface area contributed by atoms with E-state index in [-0.39, 0.29) is 21.0 Å². The van der Waals surface area contributed by atoms with E-state index < -0.39 is 23.5 Å². The summed E-state index contributed by atoms with van der Waals surface area (Å²) in [7, 11) is 0. The maximum Gasteiger partial charge on any atom is 0.345 e. The number of aromatic carboxylic acids is 1. The molecule has 104 valence electrons. The zero-order chi connectivity index (χ0) is 14.9. The van der Waals surface area contributed by atoms with Crippen molar-refractivity contribution in [2.75, 3.05) is 5.32 Å². The van der Waals surface area contributed by atoms with Crippen LogP contribution in [0.1, 0.15) is 24.9 Å². The maximum absolute atomic E-state index is 13.6. The van der Waals surface area contributed by atoms with Crippen molar-refractivity contribution in [3.05, 3.63) is 51.2 Å². The smallest absolute Gasteiger partial charge is 0.345 e. The van der Waals surface area contributed by atoms with Crippen LogP contribution in [0.25, 0.3) is 0 Å². The number of hydrogen-bond donors (Lipinski definition) is 2. The molecule has 20 heavy (non-hydrogen) atoms. The van der Waals surface area contributed by atoms with Crippen molar-refractivity contribution in [2.45, 2.75) is 6.92 Å². The number of rotatable bonds is 3. The molecule has 0 aliphatic carbocycles. The molecule has 1 aromatic carbocycles. The lowest BCUT2D eigenvalue weighted by atomic mass is 10.2. The van der Waals surface area contributed by atoms with Crippen LogP contribution in [-0.2, 0) is 0 Å². The fourth-order valence-corrected chi connectivity index (χ4v) is 2.24. The molecule has 2 rings (SSSR count). The van der Waals surface area contributed by atoms with E-state index in [1.165, 1.54) is 19.1 Å². The molecule has 1 heterocycles. The molecule has 0 atom stereocenters. The van der Waals surface area contributed by atoms with E-state index >= 15 is 0 Å². The maximum atomic E-state index is 13.6. The summed E-state index contributed by atoms with van der Waals surface area (Å²) in [4.78, 5) is 22.6. The van der Waals surface area contributed by atoms with Gasteiger partial charge in [0, 0.05) is 6.07 Å². The molecule has 0 saturated heterocycles. The summed E-state index contributed by atoms with van der Waals surface area (Å²) in [6, 6.07) is 4.44. The van der Waals surface area contributed by atoms with E-state index in [9.17, 15) is 18.4 Å². The van der Waals surface area contributed by atoms with Gasteiger partial charge in [0.25, 0.3) is 5.91 Å². The number of aryl methyl sites for hydroxylation is 1. The average molecular weight is 297 g/mol.